The molecule has 0 radical (unpaired) electrons. The van der Waals surface area contributed by atoms with Crippen molar-refractivity contribution in [1.82, 2.24) is 5.32 Å². The third-order valence-corrected chi connectivity index (χ3v) is 4.04. The lowest BCUT2D eigenvalue weighted by Gasteiger charge is -2.15. The van der Waals surface area contributed by atoms with E-state index in [-0.39, 0.29) is 0 Å². The molecule has 6 nitrogen and oxygen atoms in total. The molecule has 0 heterocycles. The van der Waals surface area contributed by atoms with Gasteiger partial charge in [0.25, 0.3) is 0 Å². The van der Waals surface area contributed by atoms with E-state index in [2.05, 4.69) is 17.2 Å². The third kappa shape index (κ3) is 7.11. The van der Waals surface area contributed by atoms with E-state index in [1.165, 1.54) is 32.1 Å². The summed E-state index contributed by atoms with van der Waals surface area (Å²) in [4.78, 5) is 4.39. The number of nitrogens with two attached hydrogens (primary N) is 1. The average Bonchev–Trinajstić information content (AvgIpc) is 2.64. The summed E-state index contributed by atoms with van der Waals surface area (Å²) in [6, 6.07) is 3.75. The molecule has 0 aromatic heterocycles. The van der Waals surface area contributed by atoms with Crippen molar-refractivity contribution in [1.29, 1.82) is 0 Å². The molecule has 142 valence electrons. The molecule has 3 N–H and O–H groups in total. The molecule has 0 saturated carbocycles. The summed E-state index contributed by atoms with van der Waals surface area (Å²) in [6.07, 6.45) is 7.54. The molecule has 25 heavy (non-hydrogen) atoms. The Balaban J connectivity index is 2.51. The largest absolute Gasteiger partial charge is 0.493 e. The number of ether oxygens (including phenoxy) is 3. The number of guanidine groups is 1. The lowest BCUT2D eigenvalue weighted by Crippen LogP contribution is -2.32. The van der Waals surface area contributed by atoms with Crippen LogP contribution in [-0.4, -0.2) is 33.8 Å². The number of rotatable bonds is 12. The number of unbranched alkanes of at least 4 members (excludes halogenated alkanes) is 5. The van der Waals surface area contributed by atoms with E-state index in [4.69, 9.17) is 19.9 Å². The molecule has 1 aromatic rings. The molecule has 0 atom stereocenters. The second-order valence-corrected chi connectivity index (χ2v) is 5.89. The van der Waals surface area contributed by atoms with Crippen LogP contribution < -0.4 is 25.3 Å². The van der Waals surface area contributed by atoms with E-state index < -0.39 is 0 Å². The molecule has 0 amide bonds. The second-order valence-electron chi connectivity index (χ2n) is 5.89. The molecule has 0 spiro atoms. The van der Waals surface area contributed by atoms with Crippen LogP contribution in [0.2, 0.25) is 0 Å². The lowest BCUT2D eigenvalue weighted by atomic mass is 10.1. The van der Waals surface area contributed by atoms with Gasteiger partial charge in [0.15, 0.2) is 17.5 Å². The zero-order valence-electron chi connectivity index (χ0n) is 16.1. The van der Waals surface area contributed by atoms with Crippen LogP contribution in [0.1, 0.15) is 51.0 Å². The fraction of sp³-hybridized carbons (Fsp3) is 0.632. The quantitative estimate of drug-likeness (QED) is 0.342. The first-order valence-corrected chi connectivity index (χ1v) is 8.99. The van der Waals surface area contributed by atoms with Gasteiger partial charge in [-0.1, -0.05) is 39.0 Å². The fourth-order valence-corrected chi connectivity index (χ4v) is 2.64. The number of hydrogen-bond donors (Lipinski definition) is 2. The topological polar surface area (TPSA) is 78.1 Å². The maximum atomic E-state index is 5.94. The standard InChI is InChI=1S/C19H33N3O3/c1-5-6-7-8-9-10-13-21-19(20)22-14-15-11-12-16(23-2)18(25-4)17(15)24-3/h11-12H,5-10,13-14H2,1-4H3,(H3,20,21,22). The number of methoxy groups -OCH3 is 3. The van der Waals surface area contributed by atoms with Gasteiger partial charge >= 0.3 is 0 Å². The number of nitrogens with zero attached hydrogens (tertiary/aromatic N) is 1. The van der Waals surface area contributed by atoms with Crippen LogP contribution in [-0.2, 0) is 6.54 Å². The van der Waals surface area contributed by atoms with Crippen LogP contribution in [0.4, 0.5) is 0 Å². The highest BCUT2D eigenvalue weighted by Gasteiger charge is 2.15. The van der Waals surface area contributed by atoms with Gasteiger partial charge < -0.3 is 25.3 Å². The van der Waals surface area contributed by atoms with Crippen molar-refractivity contribution >= 4 is 5.96 Å². The minimum absolute atomic E-state index is 0.416. The van der Waals surface area contributed by atoms with Crippen LogP contribution in [0, 0.1) is 0 Å². The van der Waals surface area contributed by atoms with Gasteiger partial charge in [0.05, 0.1) is 27.9 Å². The van der Waals surface area contributed by atoms with Crippen molar-refractivity contribution < 1.29 is 14.2 Å². The predicted molar refractivity (Wildman–Crippen MR) is 103 cm³/mol. The summed E-state index contributed by atoms with van der Waals surface area (Å²) in [5.41, 5.74) is 6.84. The van der Waals surface area contributed by atoms with Crippen molar-refractivity contribution in [2.24, 2.45) is 10.7 Å². The van der Waals surface area contributed by atoms with E-state index in [1.54, 1.807) is 21.3 Å². The first kappa shape index (κ1) is 20.9. The zero-order valence-corrected chi connectivity index (χ0v) is 16.1. The minimum atomic E-state index is 0.416. The summed E-state index contributed by atoms with van der Waals surface area (Å²) in [6.45, 7) is 3.50. The van der Waals surface area contributed by atoms with Gasteiger partial charge in [-0.25, -0.2) is 4.99 Å². The average molecular weight is 351 g/mol. The van der Waals surface area contributed by atoms with Gasteiger partial charge in [0, 0.05) is 12.1 Å². The molecular weight excluding hydrogens is 318 g/mol. The molecule has 0 saturated heterocycles. The van der Waals surface area contributed by atoms with Crippen LogP contribution in [0.25, 0.3) is 0 Å². The van der Waals surface area contributed by atoms with Gasteiger partial charge in [-0.3, -0.25) is 0 Å². The minimum Gasteiger partial charge on any atom is -0.493 e. The zero-order chi connectivity index (χ0) is 18.5. The molecule has 0 unspecified atom stereocenters. The lowest BCUT2D eigenvalue weighted by molar-refractivity contribution is 0.322. The van der Waals surface area contributed by atoms with Crippen molar-refractivity contribution in [2.75, 3.05) is 27.9 Å². The Morgan fingerprint density at radius 3 is 2.28 bits per heavy atom. The summed E-state index contributed by atoms with van der Waals surface area (Å²) in [5.74, 6) is 2.26. The Hall–Kier alpha value is -2.11. The van der Waals surface area contributed by atoms with Crippen LogP contribution >= 0.6 is 0 Å². The Morgan fingerprint density at radius 2 is 1.64 bits per heavy atom. The van der Waals surface area contributed by atoms with Crippen molar-refractivity contribution in [3.63, 3.8) is 0 Å². The summed E-state index contributed by atoms with van der Waals surface area (Å²) >= 11 is 0. The molecule has 0 fully saturated rings. The monoisotopic (exact) mass is 351 g/mol. The Morgan fingerprint density at radius 1 is 0.960 bits per heavy atom. The molecule has 0 bridgehead atoms. The van der Waals surface area contributed by atoms with Gasteiger partial charge in [0.1, 0.15) is 0 Å². The predicted octanol–water partition coefficient (Wildman–Crippen LogP) is 3.48. The van der Waals surface area contributed by atoms with Crippen LogP contribution in [0.15, 0.2) is 17.1 Å². The number of hydrogen-bond acceptors (Lipinski definition) is 4. The molecule has 1 aromatic carbocycles. The maximum Gasteiger partial charge on any atom is 0.203 e. The first-order valence-electron chi connectivity index (χ1n) is 8.99. The van der Waals surface area contributed by atoms with Crippen molar-refractivity contribution in [3.8, 4) is 17.2 Å². The third-order valence-electron chi connectivity index (χ3n) is 4.04. The normalized spacial score (nSPS) is 11.3. The van der Waals surface area contributed by atoms with Gasteiger partial charge in [-0.15, -0.1) is 0 Å². The molecule has 0 aliphatic heterocycles. The van der Waals surface area contributed by atoms with Gasteiger partial charge in [-0.05, 0) is 18.6 Å². The number of benzene rings is 1. The molecule has 1 rings (SSSR count). The van der Waals surface area contributed by atoms with E-state index in [0.29, 0.717) is 29.8 Å². The number of aliphatic imine (C=N–C) groups is 1. The summed E-state index contributed by atoms with van der Waals surface area (Å²) in [5, 5.41) is 3.16. The number of nitrogens with one attached hydrogen (secondary N) is 1. The van der Waals surface area contributed by atoms with Gasteiger partial charge in [0.2, 0.25) is 5.75 Å². The smallest absolute Gasteiger partial charge is 0.203 e. The van der Waals surface area contributed by atoms with E-state index >= 15 is 0 Å². The van der Waals surface area contributed by atoms with Crippen molar-refractivity contribution in [2.45, 2.75) is 52.0 Å². The highest BCUT2D eigenvalue weighted by Crippen LogP contribution is 2.39. The summed E-state index contributed by atoms with van der Waals surface area (Å²) in [7, 11) is 4.79. The van der Waals surface area contributed by atoms with Crippen LogP contribution in [0.3, 0.4) is 0 Å². The molecule has 6 heteroatoms. The highest BCUT2D eigenvalue weighted by atomic mass is 16.5. The first-order chi connectivity index (χ1) is 12.2. The second kappa shape index (κ2) is 12.3. The molecule has 0 aliphatic carbocycles. The van der Waals surface area contributed by atoms with Gasteiger partial charge in [-0.2, -0.15) is 0 Å². The van der Waals surface area contributed by atoms with Crippen molar-refractivity contribution in [3.05, 3.63) is 17.7 Å². The molecule has 0 aliphatic rings. The van der Waals surface area contributed by atoms with Crippen LogP contribution in [0.5, 0.6) is 17.2 Å². The molecular formula is C19H33N3O3. The SMILES string of the molecule is CCCCCCCCNC(N)=NCc1ccc(OC)c(OC)c1OC. The Labute approximate surface area is 151 Å². The highest BCUT2D eigenvalue weighted by molar-refractivity contribution is 5.77. The Kier molecular flexibility index (Phi) is 10.3. The van der Waals surface area contributed by atoms with E-state index in [9.17, 15) is 0 Å². The fourth-order valence-electron chi connectivity index (χ4n) is 2.64. The van der Waals surface area contributed by atoms with E-state index in [1.807, 2.05) is 12.1 Å². The Bertz CT molecular complexity index is 533. The summed E-state index contributed by atoms with van der Waals surface area (Å²) < 4.78 is 16.1. The maximum absolute atomic E-state index is 5.94. The van der Waals surface area contributed by atoms with E-state index in [0.717, 1.165) is 18.5 Å².